The number of furan rings is 1. The maximum absolute atomic E-state index is 11.9. The van der Waals surface area contributed by atoms with E-state index >= 15 is 0 Å². The lowest BCUT2D eigenvalue weighted by Gasteiger charge is -2.05. The number of aryl methyl sites for hydroxylation is 1. The molecule has 1 amide bonds. The van der Waals surface area contributed by atoms with Crippen molar-refractivity contribution in [2.45, 2.75) is 20.3 Å². The number of carbonyl (C=O) groups excluding carboxylic acids is 1. The van der Waals surface area contributed by atoms with Crippen LogP contribution in [0.1, 0.15) is 35.2 Å². The van der Waals surface area contributed by atoms with Crippen LogP contribution >= 0.6 is 0 Å². The molecule has 2 rings (SSSR count). The molecule has 1 heterocycles. The molecular weight excluding hydrogens is 268 g/mol. The number of amides is 1. The van der Waals surface area contributed by atoms with Crippen LogP contribution in [0, 0.1) is 6.92 Å². The van der Waals surface area contributed by atoms with Crippen molar-refractivity contribution in [1.29, 1.82) is 0 Å². The van der Waals surface area contributed by atoms with Gasteiger partial charge in [-0.05, 0) is 49.7 Å². The standard InChI is InChI=1S/C16H18N2O3/c1-3-10-20-14-8-5-13(6-9-14)16(19)18-17-11-15-7-4-12(2)21-15/h4-9,11H,3,10H2,1-2H3,(H,18,19). The molecule has 21 heavy (non-hydrogen) atoms. The summed E-state index contributed by atoms with van der Waals surface area (Å²) in [6.07, 6.45) is 2.41. The van der Waals surface area contributed by atoms with Crippen molar-refractivity contribution in [1.82, 2.24) is 5.43 Å². The molecule has 1 aromatic heterocycles. The second-order valence-corrected chi connectivity index (χ2v) is 4.52. The van der Waals surface area contributed by atoms with Crippen molar-refractivity contribution in [2.75, 3.05) is 6.61 Å². The van der Waals surface area contributed by atoms with E-state index in [1.165, 1.54) is 6.21 Å². The molecule has 1 N–H and O–H groups in total. The molecule has 0 bridgehead atoms. The van der Waals surface area contributed by atoms with Gasteiger partial charge in [-0.25, -0.2) is 5.43 Å². The first-order valence-electron chi connectivity index (χ1n) is 6.81. The molecule has 1 aromatic carbocycles. The predicted octanol–water partition coefficient (Wildman–Crippen LogP) is 3.14. The maximum atomic E-state index is 11.9. The number of hydrogen-bond acceptors (Lipinski definition) is 4. The average molecular weight is 286 g/mol. The highest BCUT2D eigenvalue weighted by molar-refractivity contribution is 5.94. The minimum atomic E-state index is -0.281. The van der Waals surface area contributed by atoms with Gasteiger partial charge in [-0.1, -0.05) is 6.92 Å². The summed E-state index contributed by atoms with van der Waals surface area (Å²) in [6, 6.07) is 10.6. The van der Waals surface area contributed by atoms with E-state index in [2.05, 4.69) is 10.5 Å². The summed E-state index contributed by atoms with van der Waals surface area (Å²) < 4.78 is 10.8. The van der Waals surface area contributed by atoms with Crippen LogP contribution in [0.2, 0.25) is 0 Å². The number of carbonyl (C=O) groups is 1. The van der Waals surface area contributed by atoms with Gasteiger partial charge in [0.2, 0.25) is 0 Å². The lowest BCUT2D eigenvalue weighted by atomic mass is 10.2. The Bertz CT molecular complexity index is 615. The summed E-state index contributed by atoms with van der Waals surface area (Å²) in [6.45, 7) is 4.55. The second-order valence-electron chi connectivity index (χ2n) is 4.52. The van der Waals surface area contributed by atoms with E-state index < -0.39 is 0 Å². The molecule has 2 aromatic rings. The summed E-state index contributed by atoms with van der Waals surface area (Å²) in [5, 5.41) is 3.85. The van der Waals surface area contributed by atoms with E-state index in [1.54, 1.807) is 30.3 Å². The number of hydrogen-bond donors (Lipinski definition) is 1. The van der Waals surface area contributed by atoms with Gasteiger partial charge < -0.3 is 9.15 Å². The molecule has 0 radical (unpaired) electrons. The van der Waals surface area contributed by atoms with Gasteiger partial charge in [0.1, 0.15) is 17.3 Å². The first-order valence-corrected chi connectivity index (χ1v) is 6.81. The van der Waals surface area contributed by atoms with E-state index in [4.69, 9.17) is 9.15 Å². The summed E-state index contributed by atoms with van der Waals surface area (Å²) >= 11 is 0. The van der Waals surface area contributed by atoms with Crippen LogP contribution in [0.4, 0.5) is 0 Å². The Morgan fingerprint density at radius 1 is 1.29 bits per heavy atom. The number of hydrazone groups is 1. The van der Waals surface area contributed by atoms with E-state index in [-0.39, 0.29) is 5.91 Å². The lowest BCUT2D eigenvalue weighted by Crippen LogP contribution is -2.17. The van der Waals surface area contributed by atoms with Gasteiger partial charge in [0.25, 0.3) is 5.91 Å². The van der Waals surface area contributed by atoms with Gasteiger partial charge in [0, 0.05) is 5.56 Å². The minimum absolute atomic E-state index is 0.281. The molecule has 0 spiro atoms. The largest absolute Gasteiger partial charge is 0.494 e. The van der Waals surface area contributed by atoms with Crippen molar-refractivity contribution in [3.05, 3.63) is 53.5 Å². The number of nitrogens with zero attached hydrogens (tertiary/aromatic N) is 1. The van der Waals surface area contributed by atoms with Gasteiger partial charge in [0.05, 0.1) is 12.8 Å². The second kappa shape index (κ2) is 7.28. The lowest BCUT2D eigenvalue weighted by molar-refractivity contribution is 0.0955. The van der Waals surface area contributed by atoms with E-state index in [1.807, 2.05) is 19.9 Å². The highest BCUT2D eigenvalue weighted by atomic mass is 16.5. The Labute approximate surface area is 123 Å². The number of rotatable bonds is 6. The fraction of sp³-hybridized carbons (Fsp3) is 0.250. The van der Waals surface area contributed by atoms with Crippen LogP contribution in [0.15, 0.2) is 45.9 Å². The van der Waals surface area contributed by atoms with Crippen molar-refractivity contribution >= 4 is 12.1 Å². The highest BCUT2D eigenvalue weighted by Gasteiger charge is 2.04. The van der Waals surface area contributed by atoms with Gasteiger partial charge in [-0.3, -0.25) is 4.79 Å². The van der Waals surface area contributed by atoms with Crippen LogP contribution < -0.4 is 10.2 Å². The average Bonchev–Trinajstić information content (AvgIpc) is 2.91. The smallest absolute Gasteiger partial charge is 0.271 e. The SMILES string of the molecule is CCCOc1ccc(C(=O)NN=Cc2ccc(C)o2)cc1. The maximum Gasteiger partial charge on any atom is 0.271 e. The zero-order valence-corrected chi connectivity index (χ0v) is 12.1. The first-order chi connectivity index (χ1) is 10.2. The third-order valence-electron chi connectivity index (χ3n) is 2.71. The van der Waals surface area contributed by atoms with Crippen LogP contribution in [0.5, 0.6) is 5.75 Å². The minimum Gasteiger partial charge on any atom is -0.494 e. The van der Waals surface area contributed by atoms with Gasteiger partial charge in [-0.15, -0.1) is 0 Å². The number of nitrogens with one attached hydrogen (secondary N) is 1. The number of benzene rings is 1. The molecule has 0 fully saturated rings. The van der Waals surface area contributed by atoms with Gasteiger partial charge >= 0.3 is 0 Å². The van der Waals surface area contributed by atoms with E-state index in [0.29, 0.717) is 17.9 Å². The molecule has 5 heteroatoms. The van der Waals surface area contributed by atoms with Crippen molar-refractivity contribution in [2.24, 2.45) is 5.10 Å². The van der Waals surface area contributed by atoms with E-state index in [0.717, 1.165) is 17.9 Å². The normalized spacial score (nSPS) is 10.8. The highest BCUT2D eigenvalue weighted by Crippen LogP contribution is 2.12. The predicted molar refractivity (Wildman–Crippen MR) is 80.7 cm³/mol. The quantitative estimate of drug-likeness (QED) is 0.655. The Balaban J connectivity index is 1.89. The zero-order chi connectivity index (χ0) is 15.1. The van der Waals surface area contributed by atoms with Crippen LogP contribution in [0.3, 0.4) is 0 Å². The first kappa shape index (κ1) is 14.8. The molecule has 0 saturated heterocycles. The van der Waals surface area contributed by atoms with Gasteiger partial charge in [0.15, 0.2) is 0 Å². The molecule has 5 nitrogen and oxygen atoms in total. The monoisotopic (exact) mass is 286 g/mol. The molecule has 0 aliphatic rings. The molecular formula is C16H18N2O3. The topological polar surface area (TPSA) is 63.8 Å². The summed E-state index contributed by atoms with van der Waals surface area (Å²) in [4.78, 5) is 11.9. The Morgan fingerprint density at radius 3 is 2.67 bits per heavy atom. The van der Waals surface area contributed by atoms with Crippen LogP contribution in [-0.4, -0.2) is 18.7 Å². The molecule has 0 unspecified atom stereocenters. The van der Waals surface area contributed by atoms with Crippen LogP contribution in [0.25, 0.3) is 0 Å². The summed E-state index contributed by atoms with van der Waals surface area (Å²) in [7, 11) is 0. The fourth-order valence-corrected chi connectivity index (χ4v) is 1.66. The third kappa shape index (κ3) is 4.49. The number of ether oxygens (including phenoxy) is 1. The van der Waals surface area contributed by atoms with Crippen molar-refractivity contribution in [3.63, 3.8) is 0 Å². The molecule has 0 atom stereocenters. The molecule has 110 valence electrons. The summed E-state index contributed by atoms with van der Waals surface area (Å²) in [5.74, 6) is 1.86. The fourth-order valence-electron chi connectivity index (χ4n) is 1.66. The Morgan fingerprint density at radius 2 is 2.05 bits per heavy atom. The van der Waals surface area contributed by atoms with E-state index in [9.17, 15) is 4.79 Å². The molecule has 0 aliphatic carbocycles. The van der Waals surface area contributed by atoms with Gasteiger partial charge in [-0.2, -0.15) is 5.10 Å². The van der Waals surface area contributed by atoms with Crippen molar-refractivity contribution < 1.29 is 13.9 Å². The Kier molecular flexibility index (Phi) is 5.15. The molecule has 0 aliphatic heterocycles. The van der Waals surface area contributed by atoms with Crippen molar-refractivity contribution in [3.8, 4) is 5.75 Å². The molecule has 0 saturated carbocycles. The zero-order valence-electron chi connectivity index (χ0n) is 12.1. The Hall–Kier alpha value is -2.56. The third-order valence-corrected chi connectivity index (χ3v) is 2.71. The summed E-state index contributed by atoms with van der Waals surface area (Å²) in [5.41, 5.74) is 2.97. The van der Waals surface area contributed by atoms with Crippen LogP contribution in [-0.2, 0) is 0 Å².